The number of aliphatic hydroxyl groups excluding tert-OH is 1. The molecule has 0 bridgehead atoms. The summed E-state index contributed by atoms with van der Waals surface area (Å²) in [4.78, 5) is 0. The molecule has 0 aliphatic carbocycles. The van der Waals surface area contributed by atoms with Gasteiger partial charge in [-0.2, -0.15) is 24.9 Å². The van der Waals surface area contributed by atoms with Crippen LogP contribution in [0.15, 0.2) is 0 Å². The molecule has 0 aromatic heterocycles. The van der Waals surface area contributed by atoms with Crippen molar-refractivity contribution in [2.24, 2.45) is 0 Å². The number of rotatable bonds is 3. The molecule has 0 radical (unpaired) electrons. The molecule has 0 spiro atoms. The number of hydrogen-bond acceptors (Lipinski definition) is 3. The zero-order chi connectivity index (χ0) is 10.6. The molecule has 2 nitrogen and oxygen atoms in total. The molecule has 0 aromatic carbocycles. The number of nitrogens with one attached hydrogen (secondary N) is 1. The van der Waals surface area contributed by atoms with Crippen LogP contribution in [-0.2, 0) is 0 Å². The molecule has 6 heteroatoms. The lowest BCUT2D eigenvalue weighted by Crippen LogP contribution is -2.44. The highest BCUT2D eigenvalue weighted by Crippen LogP contribution is 2.21. The van der Waals surface area contributed by atoms with E-state index >= 15 is 0 Å². The summed E-state index contributed by atoms with van der Waals surface area (Å²) in [5, 5.41) is 11.5. The van der Waals surface area contributed by atoms with Gasteiger partial charge in [0.15, 0.2) is 6.10 Å². The molecule has 2 N–H and O–H groups in total. The van der Waals surface area contributed by atoms with Crippen molar-refractivity contribution < 1.29 is 18.3 Å². The Hall–Kier alpha value is 0.0600. The normalized spacial score (nSPS) is 26.1. The number of halogens is 3. The van der Waals surface area contributed by atoms with Crippen molar-refractivity contribution in [2.45, 2.75) is 31.2 Å². The maximum atomic E-state index is 11.9. The molecule has 1 aliphatic rings. The molecule has 0 amide bonds. The van der Waals surface area contributed by atoms with E-state index in [1.165, 1.54) is 0 Å². The van der Waals surface area contributed by atoms with Crippen LogP contribution in [0.3, 0.4) is 0 Å². The molecule has 1 rings (SSSR count). The molecule has 1 saturated heterocycles. The lowest BCUT2D eigenvalue weighted by atomic mass is 10.2. The monoisotopic (exact) mass is 229 g/mol. The number of thioether (sulfide) groups is 1. The molecule has 0 saturated carbocycles. The predicted octanol–water partition coefficient (Wildman–Crippen LogP) is 1.39. The zero-order valence-electron chi connectivity index (χ0n) is 7.68. The summed E-state index contributed by atoms with van der Waals surface area (Å²) in [5.74, 6) is 1.92. The molecular weight excluding hydrogens is 215 g/mol. The standard InChI is InChI=1S/C8H14F3NOS/c9-8(10,11)7(13)4-12-6-2-1-3-14-5-6/h6-7,12-13H,1-5H2. The van der Waals surface area contributed by atoms with Crippen LogP contribution in [0.5, 0.6) is 0 Å². The van der Waals surface area contributed by atoms with Crippen LogP contribution in [0.4, 0.5) is 13.2 Å². The van der Waals surface area contributed by atoms with Crippen molar-refractivity contribution >= 4 is 11.8 Å². The van der Waals surface area contributed by atoms with Crippen LogP contribution in [0.25, 0.3) is 0 Å². The molecule has 14 heavy (non-hydrogen) atoms. The van der Waals surface area contributed by atoms with Gasteiger partial charge in [0.05, 0.1) is 0 Å². The second-order valence-electron chi connectivity index (χ2n) is 3.38. The summed E-state index contributed by atoms with van der Waals surface area (Å²) in [6.07, 6.45) is -4.81. The molecular formula is C8H14F3NOS. The SMILES string of the molecule is OC(CNC1CCCSC1)C(F)(F)F. The maximum absolute atomic E-state index is 11.9. The third kappa shape index (κ3) is 4.06. The van der Waals surface area contributed by atoms with Gasteiger partial charge in [-0.05, 0) is 18.6 Å². The van der Waals surface area contributed by atoms with Gasteiger partial charge < -0.3 is 10.4 Å². The highest BCUT2D eigenvalue weighted by atomic mass is 32.2. The third-order valence-electron chi connectivity index (χ3n) is 2.14. The largest absolute Gasteiger partial charge is 0.415 e. The van der Waals surface area contributed by atoms with Crippen molar-refractivity contribution in [1.82, 2.24) is 5.32 Å². The highest BCUT2D eigenvalue weighted by Gasteiger charge is 2.38. The van der Waals surface area contributed by atoms with Crippen molar-refractivity contribution in [3.63, 3.8) is 0 Å². The van der Waals surface area contributed by atoms with Gasteiger partial charge in [-0.25, -0.2) is 0 Å². The second kappa shape index (κ2) is 5.23. The Morgan fingerprint density at radius 2 is 2.21 bits per heavy atom. The molecule has 1 aliphatic heterocycles. The van der Waals surface area contributed by atoms with Gasteiger partial charge in [0, 0.05) is 18.3 Å². The van der Waals surface area contributed by atoms with E-state index in [-0.39, 0.29) is 6.04 Å². The summed E-state index contributed by atoms with van der Waals surface area (Å²) in [7, 11) is 0. The van der Waals surface area contributed by atoms with E-state index in [4.69, 9.17) is 5.11 Å². The Balaban J connectivity index is 2.19. The van der Waals surface area contributed by atoms with E-state index in [1.54, 1.807) is 11.8 Å². The van der Waals surface area contributed by atoms with E-state index in [9.17, 15) is 13.2 Å². The molecule has 84 valence electrons. The Labute approximate surface area is 85.3 Å². The highest BCUT2D eigenvalue weighted by molar-refractivity contribution is 7.99. The smallest absolute Gasteiger partial charge is 0.382 e. The fraction of sp³-hybridized carbons (Fsp3) is 1.00. The summed E-state index contributed by atoms with van der Waals surface area (Å²) < 4.78 is 35.7. The topological polar surface area (TPSA) is 32.3 Å². The molecule has 0 aromatic rings. The minimum atomic E-state index is -4.51. The van der Waals surface area contributed by atoms with Gasteiger partial charge in [-0.1, -0.05) is 0 Å². The van der Waals surface area contributed by atoms with Crippen LogP contribution in [0.2, 0.25) is 0 Å². The third-order valence-corrected chi connectivity index (χ3v) is 3.35. The molecule has 1 fully saturated rings. The first kappa shape index (κ1) is 12.1. The minimum absolute atomic E-state index is 0.116. The van der Waals surface area contributed by atoms with Crippen LogP contribution < -0.4 is 5.32 Å². The number of aliphatic hydroxyl groups is 1. The fourth-order valence-corrected chi connectivity index (χ4v) is 2.40. The summed E-state index contributed by atoms with van der Waals surface area (Å²) in [6, 6.07) is 0.116. The number of hydrogen-bond donors (Lipinski definition) is 2. The first-order valence-electron chi connectivity index (χ1n) is 4.56. The van der Waals surface area contributed by atoms with Crippen molar-refractivity contribution in [3.05, 3.63) is 0 Å². The Bertz CT molecular complexity index is 170. The van der Waals surface area contributed by atoms with Gasteiger partial charge in [0.2, 0.25) is 0 Å². The fourth-order valence-electron chi connectivity index (χ4n) is 1.30. The second-order valence-corrected chi connectivity index (χ2v) is 4.53. The Morgan fingerprint density at radius 3 is 2.71 bits per heavy atom. The molecule has 2 atom stereocenters. The van der Waals surface area contributed by atoms with Crippen LogP contribution in [0.1, 0.15) is 12.8 Å². The number of alkyl halides is 3. The van der Waals surface area contributed by atoms with E-state index in [1.807, 2.05) is 0 Å². The van der Waals surface area contributed by atoms with E-state index < -0.39 is 18.8 Å². The van der Waals surface area contributed by atoms with Gasteiger partial charge in [0.1, 0.15) is 0 Å². The molecule has 1 heterocycles. The van der Waals surface area contributed by atoms with Crippen molar-refractivity contribution in [2.75, 3.05) is 18.1 Å². The lowest BCUT2D eigenvalue weighted by molar-refractivity contribution is -0.202. The minimum Gasteiger partial charge on any atom is -0.382 e. The van der Waals surface area contributed by atoms with Crippen molar-refractivity contribution in [3.8, 4) is 0 Å². The molecule has 2 unspecified atom stereocenters. The van der Waals surface area contributed by atoms with Crippen LogP contribution in [0, 0.1) is 0 Å². The lowest BCUT2D eigenvalue weighted by Gasteiger charge is -2.24. The van der Waals surface area contributed by atoms with E-state index in [0.29, 0.717) is 0 Å². The van der Waals surface area contributed by atoms with Gasteiger partial charge in [-0.15, -0.1) is 0 Å². The average molecular weight is 229 g/mol. The summed E-state index contributed by atoms with van der Waals surface area (Å²) >= 11 is 1.74. The van der Waals surface area contributed by atoms with Gasteiger partial charge >= 0.3 is 6.18 Å². The van der Waals surface area contributed by atoms with Gasteiger partial charge in [-0.3, -0.25) is 0 Å². The summed E-state index contributed by atoms with van der Waals surface area (Å²) in [6.45, 7) is -0.394. The first-order valence-corrected chi connectivity index (χ1v) is 5.71. The van der Waals surface area contributed by atoms with Gasteiger partial charge in [0.25, 0.3) is 0 Å². The maximum Gasteiger partial charge on any atom is 0.415 e. The quantitative estimate of drug-likeness (QED) is 0.767. The van der Waals surface area contributed by atoms with Crippen LogP contribution in [-0.4, -0.2) is 41.5 Å². The van der Waals surface area contributed by atoms with Crippen LogP contribution >= 0.6 is 11.8 Å². The summed E-state index contributed by atoms with van der Waals surface area (Å²) in [5.41, 5.74) is 0. The predicted molar refractivity (Wildman–Crippen MR) is 50.4 cm³/mol. The Kier molecular flexibility index (Phi) is 4.53. The first-order chi connectivity index (χ1) is 6.50. The zero-order valence-corrected chi connectivity index (χ0v) is 8.50. The van der Waals surface area contributed by atoms with E-state index in [2.05, 4.69) is 5.32 Å². The Morgan fingerprint density at radius 1 is 1.50 bits per heavy atom. The van der Waals surface area contributed by atoms with Crippen molar-refractivity contribution in [1.29, 1.82) is 0 Å². The average Bonchev–Trinajstić information content (AvgIpc) is 2.14. The van der Waals surface area contributed by atoms with E-state index in [0.717, 1.165) is 24.3 Å².